The summed E-state index contributed by atoms with van der Waals surface area (Å²) >= 11 is 0. The number of carbonyl (C=O) groups is 1. The number of anilines is 2. The van der Waals surface area contributed by atoms with E-state index in [-0.39, 0.29) is 12.6 Å². The Hall–Kier alpha value is -3.74. The van der Waals surface area contributed by atoms with Crippen LogP contribution in [0.15, 0.2) is 61.1 Å². The highest BCUT2D eigenvalue weighted by molar-refractivity contribution is 6.76. The molecule has 0 saturated carbocycles. The summed E-state index contributed by atoms with van der Waals surface area (Å²) in [6.07, 6.45) is 4.71. The number of benzene rings is 2. The number of nitrogens with zero attached hydrogens (tertiary/aromatic N) is 6. The fourth-order valence-electron chi connectivity index (χ4n) is 4.34. The van der Waals surface area contributed by atoms with Crippen LogP contribution in [0.5, 0.6) is 0 Å². The summed E-state index contributed by atoms with van der Waals surface area (Å²) in [5.74, 6) is 0. The fraction of sp³-hybridized carbons (Fsp3) is 0.308. The third-order valence-electron chi connectivity index (χ3n) is 6.21. The number of aromatic nitrogens is 3. The Morgan fingerprint density at radius 1 is 1.09 bits per heavy atom. The third-order valence-corrected chi connectivity index (χ3v) is 7.91. The summed E-state index contributed by atoms with van der Waals surface area (Å²) in [5, 5.41) is 7.47. The first kappa shape index (κ1) is 23.0. The van der Waals surface area contributed by atoms with Gasteiger partial charge in [-0.3, -0.25) is 14.7 Å². The van der Waals surface area contributed by atoms with E-state index >= 15 is 0 Å². The maximum Gasteiger partial charge on any atom is 0.335 e. The number of ether oxygens (including phenoxy) is 1. The number of fused-ring (bicyclic) bond motifs is 2. The van der Waals surface area contributed by atoms with Gasteiger partial charge in [-0.05, 0) is 12.1 Å². The molecule has 3 heterocycles. The molecule has 2 aromatic carbocycles. The van der Waals surface area contributed by atoms with Crippen LogP contribution < -0.4 is 9.80 Å². The van der Waals surface area contributed by atoms with Gasteiger partial charge in [0.15, 0.2) is 0 Å². The van der Waals surface area contributed by atoms with Gasteiger partial charge in [-0.15, -0.1) is 0 Å². The molecule has 5 rings (SSSR count). The van der Waals surface area contributed by atoms with E-state index < -0.39 is 14.2 Å². The van der Waals surface area contributed by atoms with E-state index in [0.717, 1.165) is 27.7 Å². The van der Waals surface area contributed by atoms with E-state index in [4.69, 9.17) is 16.4 Å². The quantitative estimate of drug-likeness (QED) is 0.195. The smallest absolute Gasteiger partial charge is 0.335 e. The predicted octanol–water partition coefficient (Wildman–Crippen LogP) is 5.59. The lowest BCUT2D eigenvalue weighted by atomic mass is 10.1. The minimum atomic E-state index is -1.16. The van der Waals surface area contributed by atoms with Gasteiger partial charge in [0.25, 0.3) is 0 Å². The van der Waals surface area contributed by atoms with Gasteiger partial charge in [0.2, 0.25) is 0 Å². The van der Waals surface area contributed by atoms with E-state index in [0.29, 0.717) is 24.7 Å². The van der Waals surface area contributed by atoms with Crippen molar-refractivity contribution in [3.05, 3.63) is 72.5 Å². The van der Waals surface area contributed by atoms with E-state index in [1.807, 2.05) is 48.7 Å². The number of carbonyl (C=O) groups excluding carboxylic acids is 1. The first-order chi connectivity index (χ1) is 16.9. The molecule has 4 aromatic rings. The first-order valence-electron chi connectivity index (χ1n) is 11.7. The van der Waals surface area contributed by atoms with Crippen LogP contribution in [0.2, 0.25) is 25.7 Å². The molecule has 0 aliphatic carbocycles. The Morgan fingerprint density at radius 2 is 1.89 bits per heavy atom. The summed E-state index contributed by atoms with van der Waals surface area (Å²) < 4.78 is 7.64. The van der Waals surface area contributed by atoms with Gasteiger partial charge >= 0.3 is 12.2 Å². The molecule has 0 N–H and O–H groups in total. The summed E-state index contributed by atoms with van der Waals surface area (Å²) in [5.41, 5.74) is 2.05. The third kappa shape index (κ3) is 4.50. The van der Waals surface area contributed by atoms with Gasteiger partial charge in [-0.25, -0.2) is 20.9 Å². The van der Waals surface area contributed by atoms with Crippen LogP contribution in [0.25, 0.3) is 26.5 Å². The normalized spacial score (nSPS) is 16.4. The van der Waals surface area contributed by atoms with Crippen LogP contribution >= 0.6 is 0 Å². The Bertz CT molecular complexity index is 1430. The molecule has 1 atom stereocenters. The van der Waals surface area contributed by atoms with Gasteiger partial charge in [-0.2, -0.15) is 5.10 Å². The van der Waals surface area contributed by atoms with Crippen LogP contribution in [0.4, 0.5) is 16.2 Å². The predicted molar refractivity (Wildman–Crippen MR) is 141 cm³/mol. The van der Waals surface area contributed by atoms with Crippen molar-refractivity contribution in [3.63, 3.8) is 0 Å². The molecule has 9 heteroatoms. The number of urea groups is 1. The van der Waals surface area contributed by atoms with Crippen molar-refractivity contribution < 1.29 is 9.53 Å². The number of hydrogen-bond acceptors (Lipinski definition) is 4. The highest BCUT2D eigenvalue weighted by Gasteiger charge is 2.44. The molecular weight excluding hydrogens is 456 g/mol. The minimum Gasteiger partial charge on any atom is -0.360 e. The van der Waals surface area contributed by atoms with Crippen LogP contribution in [-0.4, -0.2) is 48.2 Å². The van der Waals surface area contributed by atoms with Gasteiger partial charge in [0.05, 0.1) is 17.6 Å². The zero-order valence-corrected chi connectivity index (χ0v) is 21.2. The molecule has 1 aliphatic rings. The first-order valence-corrected chi connectivity index (χ1v) is 15.4. The number of hydrogen-bond donors (Lipinski definition) is 0. The summed E-state index contributed by atoms with van der Waals surface area (Å²) in [6.45, 7) is 16.1. The molecule has 1 unspecified atom stereocenters. The molecular formula is C26H28N6O2Si. The SMILES string of the molecule is [C-]#[N+]C1CN(c2cccc3cn(COCC[Si](C)(C)C)nc23)C(=O)N1c1cncc2ccccc12. The summed E-state index contributed by atoms with van der Waals surface area (Å²) in [6, 6.07) is 14.4. The highest BCUT2D eigenvalue weighted by Crippen LogP contribution is 2.35. The molecule has 0 spiro atoms. The second-order valence-corrected chi connectivity index (χ2v) is 15.6. The van der Waals surface area contributed by atoms with E-state index in [9.17, 15) is 4.79 Å². The lowest BCUT2D eigenvalue weighted by Gasteiger charge is -2.19. The zero-order chi connectivity index (χ0) is 24.6. The second kappa shape index (κ2) is 9.13. The van der Waals surface area contributed by atoms with Crippen molar-refractivity contribution >= 4 is 47.2 Å². The average molecular weight is 485 g/mol. The molecule has 1 aliphatic heterocycles. The molecule has 2 aromatic heterocycles. The van der Waals surface area contributed by atoms with Crippen molar-refractivity contribution in [2.24, 2.45) is 0 Å². The molecule has 178 valence electrons. The van der Waals surface area contributed by atoms with Crippen LogP contribution in [0.3, 0.4) is 0 Å². The standard InChI is InChI=1S/C26H28N6O2Si/c1-27-24-17-31(26(33)32(24)23-15-28-14-19-8-5-6-10-21(19)23)22-11-7-9-20-16-30(29-25(20)22)18-34-12-13-35(2,3)4/h5-11,14-16,24H,12-13,17-18H2,2-4H3. The number of rotatable bonds is 7. The molecule has 8 nitrogen and oxygen atoms in total. The molecule has 0 radical (unpaired) electrons. The average Bonchev–Trinajstić information content (AvgIpc) is 3.41. The number of amides is 2. The molecule has 0 bridgehead atoms. The van der Waals surface area contributed by atoms with Crippen molar-refractivity contribution in [3.8, 4) is 0 Å². The Kier molecular flexibility index (Phi) is 6.01. The van der Waals surface area contributed by atoms with Crippen molar-refractivity contribution in [2.45, 2.75) is 38.6 Å². The maximum atomic E-state index is 13.7. The summed E-state index contributed by atoms with van der Waals surface area (Å²) in [4.78, 5) is 25.0. The highest BCUT2D eigenvalue weighted by atomic mass is 28.3. The van der Waals surface area contributed by atoms with Gasteiger partial charge in [0, 0.05) is 43.2 Å². The maximum absolute atomic E-state index is 13.7. The monoisotopic (exact) mass is 484 g/mol. The Morgan fingerprint density at radius 3 is 2.69 bits per heavy atom. The molecule has 2 amide bonds. The van der Waals surface area contributed by atoms with Gasteiger partial charge in [-0.1, -0.05) is 56.0 Å². The lowest BCUT2D eigenvalue weighted by molar-refractivity contribution is 0.0791. The molecule has 35 heavy (non-hydrogen) atoms. The lowest BCUT2D eigenvalue weighted by Crippen LogP contribution is -2.34. The molecule has 1 saturated heterocycles. The van der Waals surface area contributed by atoms with Crippen molar-refractivity contribution in [1.29, 1.82) is 0 Å². The topological polar surface area (TPSA) is 67.9 Å². The van der Waals surface area contributed by atoms with E-state index in [1.165, 1.54) is 0 Å². The Balaban J connectivity index is 1.44. The van der Waals surface area contributed by atoms with Crippen molar-refractivity contribution in [2.75, 3.05) is 23.0 Å². The second-order valence-electron chi connectivity index (χ2n) is 9.98. The van der Waals surface area contributed by atoms with Gasteiger partial charge < -0.3 is 4.74 Å². The van der Waals surface area contributed by atoms with Crippen LogP contribution in [-0.2, 0) is 11.5 Å². The summed E-state index contributed by atoms with van der Waals surface area (Å²) in [7, 11) is -1.16. The fourth-order valence-corrected chi connectivity index (χ4v) is 5.09. The van der Waals surface area contributed by atoms with E-state index in [2.05, 4.69) is 29.5 Å². The van der Waals surface area contributed by atoms with E-state index in [1.54, 1.807) is 26.9 Å². The molecule has 1 fully saturated rings. The van der Waals surface area contributed by atoms with Gasteiger partial charge in [0.1, 0.15) is 18.8 Å². The zero-order valence-electron chi connectivity index (χ0n) is 20.2. The number of pyridine rings is 1. The van der Waals surface area contributed by atoms with Crippen molar-refractivity contribution in [1.82, 2.24) is 14.8 Å². The Labute approximate surface area is 205 Å². The minimum absolute atomic E-state index is 0.252. The van der Waals surface area contributed by atoms with Crippen LogP contribution in [0.1, 0.15) is 0 Å². The largest absolute Gasteiger partial charge is 0.360 e. The van der Waals surface area contributed by atoms with Crippen LogP contribution in [0, 0.1) is 6.57 Å².